The van der Waals surface area contributed by atoms with E-state index >= 15 is 0 Å². The Morgan fingerprint density at radius 2 is 2.23 bits per heavy atom. The van der Waals surface area contributed by atoms with Crippen LogP contribution in [0.15, 0.2) is 28.1 Å². The molecule has 0 radical (unpaired) electrons. The molecule has 0 N–H and O–H groups in total. The molecule has 2 aromatic heterocycles. The van der Waals surface area contributed by atoms with Gasteiger partial charge in [0.15, 0.2) is 5.15 Å². The molecule has 5 heteroatoms. The van der Waals surface area contributed by atoms with E-state index in [9.17, 15) is 0 Å². The SMILES string of the molecule is Clc1nnc(-c2cccs2)cc1Br. The Bertz CT molecular complexity index is 416. The highest BCUT2D eigenvalue weighted by Gasteiger charge is 2.04. The van der Waals surface area contributed by atoms with Crippen molar-refractivity contribution < 1.29 is 0 Å². The third-order valence-electron chi connectivity index (χ3n) is 1.48. The van der Waals surface area contributed by atoms with Crippen LogP contribution in [0.25, 0.3) is 10.6 Å². The second kappa shape index (κ2) is 3.74. The molecule has 0 spiro atoms. The molecule has 0 saturated carbocycles. The molecule has 13 heavy (non-hydrogen) atoms. The van der Waals surface area contributed by atoms with Gasteiger partial charge in [0.2, 0.25) is 0 Å². The number of hydrogen-bond acceptors (Lipinski definition) is 3. The zero-order valence-electron chi connectivity index (χ0n) is 6.37. The topological polar surface area (TPSA) is 25.8 Å². The second-order valence-electron chi connectivity index (χ2n) is 2.35. The molecule has 0 aliphatic carbocycles. The fourth-order valence-electron chi connectivity index (χ4n) is 0.899. The van der Waals surface area contributed by atoms with Crippen molar-refractivity contribution in [2.45, 2.75) is 0 Å². The summed E-state index contributed by atoms with van der Waals surface area (Å²) in [6.45, 7) is 0. The number of aromatic nitrogens is 2. The van der Waals surface area contributed by atoms with Gasteiger partial charge in [-0.05, 0) is 33.4 Å². The minimum Gasteiger partial charge on any atom is -0.148 e. The molecule has 2 nitrogen and oxygen atoms in total. The summed E-state index contributed by atoms with van der Waals surface area (Å²) in [6, 6.07) is 5.83. The minimum atomic E-state index is 0.389. The van der Waals surface area contributed by atoms with Crippen LogP contribution in [-0.4, -0.2) is 10.2 Å². The van der Waals surface area contributed by atoms with Gasteiger partial charge in [-0.3, -0.25) is 0 Å². The van der Waals surface area contributed by atoms with Gasteiger partial charge in [-0.2, -0.15) is 0 Å². The molecule has 0 aromatic carbocycles. The maximum Gasteiger partial charge on any atom is 0.165 e. The summed E-state index contributed by atoms with van der Waals surface area (Å²) in [4.78, 5) is 1.09. The Labute approximate surface area is 92.7 Å². The average molecular weight is 276 g/mol. The van der Waals surface area contributed by atoms with E-state index in [1.807, 2.05) is 23.6 Å². The van der Waals surface area contributed by atoms with Crippen molar-refractivity contribution in [2.24, 2.45) is 0 Å². The van der Waals surface area contributed by atoms with Crippen LogP contribution in [0.4, 0.5) is 0 Å². The average Bonchev–Trinajstić information content (AvgIpc) is 2.62. The highest BCUT2D eigenvalue weighted by Crippen LogP contribution is 2.27. The molecule has 2 aromatic rings. The van der Waals surface area contributed by atoms with Crippen LogP contribution in [0.1, 0.15) is 0 Å². The molecule has 0 unspecified atom stereocenters. The molecular formula is C8H4BrClN2S. The molecule has 0 bridgehead atoms. The van der Waals surface area contributed by atoms with Crippen molar-refractivity contribution in [3.05, 3.63) is 33.2 Å². The largest absolute Gasteiger partial charge is 0.165 e. The van der Waals surface area contributed by atoms with Crippen LogP contribution in [0.2, 0.25) is 5.15 Å². The van der Waals surface area contributed by atoms with Crippen LogP contribution >= 0.6 is 38.9 Å². The fraction of sp³-hybridized carbons (Fsp3) is 0. The van der Waals surface area contributed by atoms with Crippen molar-refractivity contribution in [3.63, 3.8) is 0 Å². The van der Waals surface area contributed by atoms with Crippen molar-refractivity contribution in [1.82, 2.24) is 10.2 Å². The predicted octanol–water partition coefficient (Wildman–Crippen LogP) is 3.62. The molecule has 0 atom stereocenters. The van der Waals surface area contributed by atoms with Crippen molar-refractivity contribution >= 4 is 38.9 Å². The lowest BCUT2D eigenvalue weighted by Crippen LogP contribution is -1.86. The van der Waals surface area contributed by atoms with Gasteiger partial charge in [0, 0.05) is 0 Å². The van der Waals surface area contributed by atoms with E-state index in [-0.39, 0.29) is 0 Å². The maximum absolute atomic E-state index is 5.72. The Morgan fingerprint density at radius 3 is 2.85 bits per heavy atom. The molecule has 2 heterocycles. The Kier molecular flexibility index (Phi) is 2.62. The molecular weight excluding hydrogens is 272 g/mol. The van der Waals surface area contributed by atoms with E-state index < -0.39 is 0 Å². The summed E-state index contributed by atoms with van der Waals surface area (Å²) in [5, 5.41) is 10.2. The van der Waals surface area contributed by atoms with Gasteiger partial charge >= 0.3 is 0 Å². The van der Waals surface area contributed by atoms with E-state index in [0.29, 0.717) is 5.15 Å². The molecule has 0 fully saturated rings. The standard InChI is InChI=1S/C8H4BrClN2S/c9-5-4-6(11-12-8(5)10)7-2-1-3-13-7/h1-4H. The molecule has 0 aliphatic heterocycles. The van der Waals surface area contributed by atoms with Crippen LogP contribution in [0, 0.1) is 0 Å². The molecule has 66 valence electrons. The third kappa shape index (κ3) is 1.90. The first-order valence-electron chi connectivity index (χ1n) is 3.50. The van der Waals surface area contributed by atoms with E-state index in [1.165, 1.54) is 0 Å². The number of thiophene rings is 1. The number of nitrogens with zero attached hydrogens (tertiary/aromatic N) is 2. The van der Waals surface area contributed by atoms with Gasteiger partial charge in [0.05, 0.1) is 9.35 Å². The highest BCUT2D eigenvalue weighted by atomic mass is 79.9. The number of hydrogen-bond donors (Lipinski definition) is 0. The van der Waals surface area contributed by atoms with Crippen LogP contribution < -0.4 is 0 Å². The Hall–Kier alpha value is -0.450. The lowest BCUT2D eigenvalue weighted by atomic mass is 10.3. The van der Waals surface area contributed by atoms with Gasteiger partial charge in [0.25, 0.3) is 0 Å². The Morgan fingerprint density at radius 1 is 1.38 bits per heavy atom. The van der Waals surface area contributed by atoms with E-state index in [1.54, 1.807) is 11.3 Å². The molecule has 0 aliphatic rings. The lowest BCUT2D eigenvalue weighted by Gasteiger charge is -1.97. The zero-order chi connectivity index (χ0) is 9.26. The fourth-order valence-corrected chi connectivity index (χ4v) is 1.97. The maximum atomic E-state index is 5.72. The molecule has 0 amide bonds. The van der Waals surface area contributed by atoms with E-state index in [4.69, 9.17) is 11.6 Å². The van der Waals surface area contributed by atoms with Gasteiger partial charge in [-0.25, -0.2) is 0 Å². The molecule has 2 rings (SSSR count). The van der Waals surface area contributed by atoms with Gasteiger partial charge in [-0.15, -0.1) is 21.5 Å². The smallest absolute Gasteiger partial charge is 0.148 e. The van der Waals surface area contributed by atoms with Crippen LogP contribution in [-0.2, 0) is 0 Å². The summed E-state index contributed by atoms with van der Waals surface area (Å²) in [5.41, 5.74) is 0.839. The van der Waals surface area contributed by atoms with Crippen molar-refractivity contribution in [3.8, 4) is 10.6 Å². The normalized spacial score (nSPS) is 10.3. The highest BCUT2D eigenvalue weighted by molar-refractivity contribution is 9.10. The van der Waals surface area contributed by atoms with Crippen molar-refractivity contribution in [1.29, 1.82) is 0 Å². The monoisotopic (exact) mass is 274 g/mol. The first-order valence-corrected chi connectivity index (χ1v) is 5.55. The van der Waals surface area contributed by atoms with E-state index in [2.05, 4.69) is 26.1 Å². The predicted molar refractivity (Wildman–Crippen MR) is 58.1 cm³/mol. The number of rotatable bonds is 1. The van der Waals surface area contributed by atoms with Crippen LogP contribution in [0.5, 0.6) is 0 Å². The first-order chi connectivity index (χ1) is 6.27. The summed E-state index contributed by atoms with van der Waals surface area (Å²) < 4.78 is 0.771. The summed E-state index contributed by atoms with van der Waals surface area (Å²) in [5.74, 6) is 0. The minimum absolute atomic E-state index is 0.389. The lowest BCUT2D eigenvalue weighted by molar-refractivity contribution is 1.03. The zero-order valence-corrected chi connectivity index (χ0v) is 9.53. The van der Waals surface area contributed by atoms with Crippen molar-refractivity contribution in [2.75, 3.05) is 0 Å². The first kappa shape index (κ1) is 9.12. The second-order valence-corrected chi connectivity index (χ2v) is 4.51. The van der Waals surface area contributed by atoms with E-state index in [0.717, 1.165) is 15.0 Å². The van der Waals surface area contributed by atoms with Gasteiger partial charge < -0.3 is 0 Å². The summed E-state index contributed by atoms with van der Waals surface area (Å²) >= 11 is 10.7. The summed E-state index contributed by atoms with van der Waals surface area (Å²) in [6.07, 6.45) is 0. The van der Waals surface area contributed by atoms with Gasteiger partial charge in [0.1, 0.15) is 5.69 Å². The quantitative estimate of drug-likeness (QED) is 0.794. The molecule has 0 saturated heterocycles. The summed E-state index contributed by atoms with van der Waals surface area (Å²) in [7, 11) is 0. The van der Waals surface area contributed by atoms with Gasteiger partial charge in [-0.1, -0.05) is 17.7 Å². The number of halogens is 2. The Balaban J connectivity index is 2.49. The van der Waals surface area contributed by atoms with Crippen LogP contribution in [0.3, 0.4) is 0 Å². The third-order valence-corrected chi connectivity index (χ3v) is 3.48.